The minimum absolute atomic E-state index is 0.0921. The van der Waals surface area contributed by atoms with Crippen LogP contribution in [-0.4, -0.2) is 46.6 Å². The van der Waals surface area contributed by atoms with E-state index in [0.717, 1.165) is 0 Å². The van der Waals surface area contributed by atoms with Crippen LogP contribution in [0.4, 0.5) is 0 Å². The van der Waals surface area contributed by atoms with Crippen LogP contribution in [-0.2, 0) is 19.2 Å². The highest BCUT2D eigenvalue weighted by Gasteiger charge is 2.18. The molecule has 0 aliphatic carbocycles. The molecule has 0 bridgehead atoms. The van der Waals surface area contributed by atoms with E-state index in [1.165, 1.54) is 0 Å². The van der Waals surface area contributed by atoms with Gasteiger partial charge in [-0.15, -0.1) is 0 Å². The Morgan fingerprint density at radius 1 is 1.16 bits per heavy atom. The van der Waals surface area contributed by atoms with Crippen molar-refractivity contribution in [3.63, 3.8) is 0 Å². The van der Waals surface area contributed by atoms with Crippen LogP contribution >= 0.6 is 0 Å². The second kappa shape index (κ2) is 7.82. The Morgan fingerprint density at radius 3 is 2.21 bits per heavy atom. The Labute approximate surface area is 108 Å². The monoisotopic (exact) mass is 273 g/mol. The summed E-state index contributed by atoms with van der Waals surface area (Å²) in [5.41, 5.74) is 5.03. The highest BCUT2D eigenvalue weighted by atomic mass is 16.4. The van der Waals surface area contributed by atoms with Crippen LogP contribution in [0.25, 0.3) is 0 Å². The molecule has 0 unspecified atom stereocenters. The van der Waals surface area contributed by atoms with Crippen LogP contribution < -0.4 is 16.4 Å². The molecule has 0 heterocycles. The van der Waals surface area contributed by atoms with Crippen molar-refractivity contribution in [1.29, 1.82) is 0 Å². The summed E-state index contributed by atoms with van der Waals surface area (Å²) in [6.45, 7) is 2.63. The summed E-state index contributed by atoms with van der Waals surface area (Å²) in [6.07, 6.45) is -0.378. The van der Waals surface area contributed by atoms with Gasteiger partial charge in [0.2, 0.25) is 5.91 Å². The summed E-state index contributed by atoms with van der Waals surface area (Å²) in [4.78, 5) is 43.2. The van der Waals surface area contributed by atoms with Crippen LogP contribution in [0, 0.1) is 0 Å². The average Bonchev–Trinajstić information content (AvgIpc) is 2.32. The van der Waals surface area contributed by atoms with Crippen molar-refractivity contribution in [1.82, 2.24) is 10.6 Å². The van der Waals surface area contributed by atoms with Crippen molar-refractivity contribution in [2.45, 2.75) is 18.9 Å². The fourth-order valence-corrected chi connectivity index (χ4v) is 0.971. The highest BCUT2D eigenvalue weighted by Crippen LogP contribution is 1.96. The Balaban J connectivity index is 4.17. The van der Waals surface area contributed by atoms with E-state index in [0.29, 0.717) is 0 Å². The van der Waals surface area contributed by atoms with Crippen LogP contribution in [0.15, 0.2) is 12.3 Å². The number of carboxylic acid groups (broad SMARTS) is 2. The number of hydrogen-bond donors (Lipinski definition) is 5. The number of hydrogen-bond acceptors (Lipinski definition) is 5. The first-order valence-corrected chi connectivity index (χ1v) is 5.21. The first-order chi connectivity index (χ1) is 8.73. The minimum Gasteiger partial charge on any atom is -0.481 e. The molecule has 0 radical (unpaired) electrons. The van der Waals surface area contributed by atoms with Gasteiger partial charge in [0.25, 0.3) is 5.91 Å². The normalized spacial score (nSPS) is 11.2. The zero-order chi connectivity index (χ0) is 15.0. The smallest absolute Gasteiger partial charge is 0.322 e. The Hall–Kier alpha value is -2.42. The predicted octanol–water partition coefficient (Wildman–Crippen LogP) is -1.99. The molecule has 0 aromatic rings. The third-order valence-electron chi connectivity index (χ3n) is 1.95. The molecule has 0 saturated carbocycles. The fraction of sp³-hybridized carbons (Fsp3) is 0.400. The minimum atomic E-state index is -1.24. The van der Waals surface area contributed by atoms with Gasteiger partial charge in [-0.05, 0) is 6.42 Å². The van der Waals surface area contributed by atoms with E-state index >= 15 is 0 Å². The maximum atomic E-state index is 11.4. The van der Waals surface area contributed by atoms with Crippen LogP contribution in [0.5, 0.6) is 0 Å². The molecule has 0 aromatic carbocycles. The number of nitrogens with one attached hydrogen (secondary N) is 2. The SMILES string of the molecule is C=C(NC(=O)[C@@H](N)CCC(=O)O)C(=O)NCC(=O)O. The molecule has 0 saturated heterocycles. The zero-order valence-corrected chi connectivity index (χ0v) is 10.0. The molecule has 6 N–H and O–H groups in total. The molecule has 0 aliphatic rings. The molecule has 1 atom stereocenters. The molecule has 0 spiro atoms. The quantitative estimate of drug-likeness (QED) is 0.320. The van der Waals surface area contributed by atoms with Gasteiger partial charge < -0.3 is 26.6 Å². The first kappa shape index (κ1) is 16.6. The predicted molar refractivity (Wildman–Crippen MR) is 62.8 cm³/mol. The van der Waals surface area contributed by atoms with Gasteiger partial charge in [-0.3, -0.25) is 19.2 Å². The van der Waals surface area contributed by atoms with E-state index in [1.54, 1.807) is 0 Å². The van der Waals surface area contributed by atoms with Crippen molar-refractivity contribution in [2.24, 2.45) is 5.73 Å². The molecule has 0 aromatic heterocycles. The number of nitrogens with two attached hydrogens (primary N) is 1. The van der Waals surface area contributed by atoms with Gasteiger partial charge in [-0.2, -0.15) is 0 Å². The molecule has 9 heteroatoms. The number of carboxylic acids is 2. The molecule has 0 rings (SSSR count). The van der Waals surface area contributed by atoms with Crippen LogP contribution in [0.1, 0.15) is 12.8 Å². The molecule has 2 amide bonds. The van der Waals surface area contributed by atoms with Gasteiger partial charge >= 0.3 is 11.9 Å². The molecule has 19 heavy (non-hydrogen) atoms. The van der Waals surface area contributed by atoms with Crippen molar-refractivity contribution >= 4 is 23.8 Å². The summed E-state index contributed by atoms with van der Waals surface area (Å²) in [7, 11) is 0. The lowest BCUT2D eigenvalue weighted by molar-refractivity contribution is -0.138. The fourth-order valence-electron chi connectivity index (χ4n) is 0.971. The van der Waals surface area contributed by atoms with Crippen molar-refractivity contribution in [3.8, 4) is 0 Å². The Bertz CT molecular complexity index is 406. The second-order valence-corrected chi connectivity index (χ2v) is 3.58. The standard InChI is InChI=1S/C10H15N3O6/c1-5(9(18)12-4-8(16)17)13-10(19)6(11)2-3-7(14)15/h6H,1-4,11H2,(H,12,18)(H,13,19)(H,14,15)(H,16,17)/t6-/m0/s1. The third kappa shape index (κ3) is 7.49. The lowest BCUT2D eigenvalue weighted by Crippen LogP contribution is -2.44. The van der Waals surface area contributed by atoms with Gasteiger partial charge in [0.1, 0.15) is 6.54 Å². The van der Waals surface area contributed by atoms with E-state index in [1.807, 2.05) is 5.32 Å². The molecule has 106 valence electrons. The topological polar surface area (TPSA) is 159 Å². The number of carbonyl (C=O) groups excluding carboxylic acids is 2. The van der Waals surface area contributed by atoms with Crippen LogP contribution in [0.2, 0.25) is 0 Å². The molecular formula is C10H15N3O6. The Kier molecular flexibility index (Phi) is 6.82. The number of carbonyl (C=O) groups is 4. The van der Waals surface area contributed by atoms with E-state index in [2.05, 4.69) is 11.9 Å². The summed E-state index contributed by atoms with van der Waals surface area (Å²) in [6, 6.07) is -1.10. The van der Waals surface area contributed by atoms with E-state index < -0.39 is 36.3 Å². The summed E-state index contributed by atoms with van der Waals surface area (Å²) < 4.78 is 0. The summed E-state index contributed by atoms with van der Waals surface area (Å²) in [5, 5.41) is 20.8. The van der Waals surface area contributed by atoms with Crippen molar-refractivity contribution in [2.75, 3.05) is 6.54 Å². The van der Waals surface area contributed by atoms with Crippen molar-refractivity contribution < 1.29 is 29.4 Å². The average molecular weight is 273 g/mol. The molecule has 0 aliphatic heterocycles. The summed E-state index contributed by atoms with van der Waals surface area (Å²) in [5.74, 6) is -3.97. The number of rotatable bonds is 8. The van der Waals surface area contributed by atoms with Gasteiger partial charge in [-0.1, -0.05) is 6.58 Å². The highest BCUT2D eigenvalue weighted by molar-refractivity contribution is 5.98. The van der Waals surface area contributed by atoms with Crippen molar-refractivity contribution in [3.05, 3.63) is 12.3 Å². The van der Waals surface area contributed by atoms with Gasteiger partial charge in [-0.25, -0.2) is 0 Å². The lowest BCUT2D eigenvalue weighted by atomic mass is 10.1. The van der Waals surface area contributed by atoms with E-state index in [4.69, 9.17) is 15.9 Å². The maximum Gasteiger partial charge on any atom is 0.322 e. The van der Waals surface area contributed by atoms with E-state index in [9.17, 15) is 19.2 Å². The first-order valence-electron chi connectivity index (χ1n) is 5.21. The van der Waals surface area contributed by atoms with Crippen LogP contribution in [0.3, 0.4) is 0 Å². The van der Waals surface area contributed by atoms with Gasteiger partial charge in [0.05, 0.1) is 11.7 Å². The molecule has 0 fully saturated rings. The molecule has 9 nitrogen and oxygen atoms in total. The second-order valence-electron chi connectivity index (χ2n) is 3.58. The third-order valence-corrected chi connectivity index (χ3v) is 1.95. The zero-order valence-electron chi connectivity index (χ0n) is 10.0. The largest absolute Gasteiger partial charge is 0.481 e. The Morgan fingerprint density at radius 2 is 1.74 bits per heavy atom. The lowest BCUT2D eigenvalue weighted by Gasteiger charge is -2.12. The summed E-state index contributed by atoms with van der Waals surface area (Å²) >= 11 is 0. The van der Waals surface area contributed by atoms with E-state index in [-0.39, 0.29) is 18.5 Å². The number of aliphatic carboxylic acids is 2. The molecular weight excluding hydrogens is 258 g/mol. The van der Waals surface area contributed by atoms with Gasteiger partial charge in [0, 0.05) is 6.42 Å². The van der Waals surface area contributed by atoms with Gasteiger partial charge in [0.15, 0.2) is 0 Å². The number of amides is 2. The maximum absolute atomic E-state index is 11.4.